The van der Waals surface area contributed by atoms with Crippen LogP contribution in [0.15, 0.2) is 24.6 Å². The summed E-state index contributed by atoms with van der Waals surface area (Å²) < 4.78 is 13.6. The molecule has 0 amide bonds. The summed E-state index contributed by atoms with van der Waals surface area (Å²) in [5.74, 6) is 0. The van der Waals surface area contributed by atoms with Gasteiger partial charge in [-0.1, -0.05) is 38.3 Å². The van der Waals surface area contributed by atoms with Crippen molar-refractivity contribution in [1.82, 2.24) is 0 Å². The van der Waals surface area contributed by atoms with Crippen LogP contribution in [0.5, 0.6) is 0 Å². The van der Waals surface area contributed by atoms with Crippen LogP contribution in [0.4, 0.5) is 0 Å². The average Bonchev–Trinajstić information content (AvgIpc) is 2.45. The fourth-order valence-corrected chi connectivity index (χ4v) is 11.4. The summed E-state index contributed by atoms with van der Waals surface area (Å²) in [6.07, 6.45) is 1.98. The molecule has 23 heavy (non-hydrogen) atoms. The summed E-state index contributed by atoms with van der Waals surface area (Å²) in [5, 5.41) is -0.316. The molecule has 2 nitrogen and oxygen atoms in total. The minimum atomic E-state index is -2.11. The van der Waals surface area contributed by atoms with E-state index in [2.05, 4.69) is 85.8 Å². The molecule has 0 saturated carbocycles. The van der Waals surface area contributed by atoms with Crippen molar-refractivity contribution in [3.63, 3.8) is 0 Å². The van der Waals surface area contributed by atoms with E-state index in [0.717, 1.165) is 12.8 Å². The molecule has 136 valence electrons. The van der Waals surface area contributed by atoms with E-state index >= 15 is 0 Å². The Bertz CT molecular complexity index is 432. The van der Waals surface area contributed by atoms with Gasteiger partial charge >= 0.3 is 0 Å². The SMILES string of the molecule is C=C[Si](C)(C)OC(C)(CC)[Si](C)(C)O[C@](C)(CC)[Si](C)(C)C=C. The van der Waals surface area contributed by atoms with E-state index in [4.69, 9.17) is 8.85 Å². The summed E-state index contributed by atoms with van der Waals surface area (Å²) in [7, 11) is -5.67. The largest absolute Gasteiger partial charge is 0.412 e. The first-order chi connectivity index (χ1) is 10.2. The molecule has 0 aromatic rings. The molecule has 0 fully saturated rings. The highest BCUT2D eigenvalue weighted by atomic mass is 28.4. The van der Waals surface area contributed by atoms with Crippen LogP contribution in [0.3, 0.4) is 0 Å². The topological polar surface area (TPSA) is 18.5 Å². The molecule has 2 atom stereocenters. The summed E-state index contributed by atoms with van der Waals surface area (Å²) in [5.41, 5.74) is 4.18. The summed E-state index contributed by atoms with van der Waals surface area (Å²) in [6, 6.07) is 0. The molecule has 0 aliphatic rings. The van der Waals surface area contributed by atoms with Crippen LogP contribution < -0.4 is 0 Å². The molecular formula is C18H40O2Si3. The maximum absolute atomic E-state index is 6.97. The van der Waals surface area contributed by atoms with E-state index in [1.165, 1.54) is 0 Å². The monoisotopic (exact) mass is 372 g/mol. The maximum atomic E-state index is 6.97. The lowest BCUT2D eigenvalue weighted by atomic mass is 10.3. The first-order valence-electron chi connectivity index (χ1n) is 8.83. The van der Waals surface area contributed by atoms with Crippen molar-refractivity contribution >= 4 is 24.7 Å². The Labute approximate surface area is 148 Å². The predicted molar refractivity (Wildman–Crippen MR) is 112 cm³/mol. The van der Waals surface area contributed by atoms with Gasteiger partial charge in [0.15, 0.2) is 0 Å². The molecule has 0 aliphatic heterocycles. The summed E-state index contributed by atoms with van der Waals surface area (Å²) in [4.78, 5) is 0. The Balaban J connectivity index is 5.74. The minimum Gasteiger partial charge on any atom is -0.412 e. The molecular weight excluding hydrogens is 332 g/mol. The zero-order valence-corrected chi connectivity index (χ0v) is 20.3. The van der Waals surface area contributed by atoms with Gasteiger partial charge in [0, 0.05) is 5.22 Å². The Morgan fingerprint density at radius 2 is 1.22 bits per heavy atom. The van der Waals surface area contributed by atoms with Gasteiger partial charge < -0.3 is 8.85 Å². The first kappa shape index (κ1) is 23.1. The number of hydrogen-bond acceptors (Lipinski definition) is 2. The van der Waals surface area contributed by atoms with Gasteiger partial charge in [-0.25, -0.2) is 0 Å². The smallest absolute Gasteiger partial charge is 0.216 e. The van der Waals surface area contributed by atoms with Crippen LogP contribution in [0.1, 0.15) is 40.5 Å². The lowest BCUT2D eigenvalue weighted by molar-refractivity contribution is 0.0781. The highest BCUT2D eigenvalue weighted by Crippen LogP contribution is 2.39. The van der Waals surface area contributed by atoms with Crippen LogP contribution in [0, 0.1) is 0 Å². The molecule has 1 unspecified atom stereocenters. The average molecular weight is 373 g/mol. The Morgan fingerprint density at radius 1 is 0.783 bits per heavy atom. The van der Waals surface area contributed by atoms with Gasteiger partial charge in [-0.2, -0.15) is 0 Å². The standard InChI is InChI=1S/C18H40O2Si3/c1-13-17(5,21(7,8)15-3)20-23(11,12)18(6,14-2)19-22(9,10)16-4/h15-16H,3-4,13-14H2,1-2,5-12H3/t17-,18?/m0/s1. The highest BCUT2D eigenvalue weighted by Gasteiger charge is 2.53. The van der Waals surface area contributed by atoms with Crippen LogP contribution in [-0.2, 0) is 8.85 Å². The van der Waals surface area contributed by atoms with Gasteiger partial charge in [0.1, 0.15) is 8.07 Å². The molecule has 0 aromatic carbocycles. The third-order valence-electron chi connectivity index (χ3n) is 5.96. The second kappa shape index (κ2) is 7.52. The Kier molecular flexibility index (Phi) is 7.53. The second-order valence-electron chi connectivity index (χ2n) is 8.62. The van der Waals surface area contributed by atoms with Gasteiger partial charge in [-0.15, -0.1) is 13.2 Å². The van der Waals surface area contributed by atoms with E-state index < -0.39 is 24.7 Å². The predicted octanol–water partition coefficient (Wildman–Crippen LogP) is 6.00. The molecule has 0 aromatic heterocycles. The van der Waals surface area contributed by atoms with Crippen molar-refractivity contribution < 1.29 is 8.85 Å². The van der Waals surface area contributed by atoms with Gasteiger partial charge in [0.2, 0.25) is 16.6 Å². The first-order valence-corrected chi connectivity index (χ1v) is 17.8. The van der Waals surface area contributed by atoms with Crippen molar-refractivity contribution in [3.05, 3.63) is 24.6 Å². The molecule has 0 spiro atoms. The maximum Gasteiger partial charge on any atom is 0.216 e. The molecule has 0 heterocycles. The van der Waals surface area contributed by atoms with Gasteiger partial charge in [0.05, 0.1) is 5.22 Å². The van der Waals surface area contributed by atoms with Crippen molar-refractivity contribution in [2.24, 2.45) is 0 Å². The molecule has 0 N–H and O–H groups in total. The molecule has 0 radical (unpaired) electrons. The molecule has 0 aliphatic carbocycles. The van der Waals surface area contributed by atoms with Crippen molar-refractivity contribution in [1.29, 1.82) is 0 Å². The minimum absolute atomic E-state index is 0.107. The van der Waals surface area contributed by atoms with E-state index in [9.17, 15) is 0 Å². The third-order valence-corrected chi connectivity index (χ3v) is 16.5. The van der Waals surface area contributed by atoms with Gasteiger partial charge in [-0.05, 0) is 52.9 Å². The van der Waals surface area contributed by atoms with Crippen molar-refractivity contribution in [2.45, 2.75) is 90.3 Å². The van der Waals surface area contributed by atoms with Crippen molar-refractivity contribution in [2.75, 3.05) is 0 Å². The van der Waals surface area contributed by atoms with E-state index in [1.54, 1.807) is 0 Å². The van der Waals surface area contributed by atoms with Crippen LogP contribution in [-0.4, -0.2) is 35.2 Å². The quantitative estimate of drug-likeness (QED) is 0.437. The Morgan fingerprint density at radius 3 is 1.52 bits per heavy atom. The highest BCUT2D eigenvalue weighted by molar-refractivity contribution is 6.86. The van der Waals surface area contributed by atoms with Gasteiger partial charge in [-0.3, -0.25) is 0 Å². The second-order valence-corrected chi connectivity index (χ2v) is 21.6. The van der Waals surface area contributed by atoms with Crippen molar-refractivity contribution in [3.8, 4) is 0 Å². The molecule has 0 bridgehead atoms. The fourth-order valence-electron chi connectivity index (χ4n) is 2.79. The Hall–Kier alpha value is 0.0506. The zero-order chi connectivity index (χ0) is 18.7. The number of hydrogen-bond donors (Lipinski definition) is 0. The van der Waals surface area contributed by atoms with E-state index in [1.807, 2.05) is 5.70 Å². The van der Waals surface area contributed by atoms with Crippen LogP contribution in [0.25, 0.3) is 0 Å². The summed E-state index contributed by atoms with van der Waals surface area (Å²) >= 11 is 0. The fraction of sp³-hybridized carbons (Fsp3) is 0.778. The molecule has 0 saturated heterocycles. The van der Waals surface area contributed by atoms with Crippen LogP contribution >= 0.6 is 0 Å². The van der Waals surface area contributed by atoms with E-state index in [-0.39, 0.29) is 10.4 Å². The molecule has 5 heteroatoms. The third kappa shape index (κ3) is 5.01. The number of rotatable bonds is 10. The lowest BCUT2D eigenvalue weighted by Crippen LogP contribution is -2.66. The van der Waals surface area contributed by atoms with E-state index in [0.29, 0.717) is 0 Å². The van der Waals surface area contributed by atoms with Crippen LogP contribution in [0.2, 0.25) is 39.3 Å². The summed E-state index contributed by atoms with van der Waals surface area (Å²) in [6.45, 7) is 30.8. The molecule has 0 rings (SSSR count). The lowest BCUT2D eigenvalue weighted by Gasteiger charge is -2.52. The normalized spacial score (nSPS) is 18.9. The van der Waals surface area contributed by atoms with Gasteiger partial charge in [0.25, 0.3) is 0 Å². The zero-order valence-electron chi connectivity index (χ0n) is 17.3.